The van der Waals surface area contributed by atoms with Gasteiger partial charge in [0, 0.05) is 44.7 Å². The van der Waals surface area contributed by atoms with E-state index in [0.29, 0.717) is 30.5 Å². The van der Waals surface area contributed by atoms with E-state index in [-0.39, 0.29) is 12.1 Å². The third kappa shape index (κ3) is 5.76. The first-order valence-electron chi connectivity index (χ1n) is 9.08. The number of carbonyl (C=O) groups is 1. The zero-order chi connectivity index (χ0) is 19.1. The molecule has 1 N–H and O–H groups in total. The highest BCUT2D eigenvalue weighted by atomic mass is 35.5. The van der Waals surface area contributed by atoms with Crippen LogP contribution in [0.4, 0.5) is 4.79 Å². The Morgan fingerprint density at radius 1 is 1.22 bits per heavy atom. The zero-order valence-corrected chi connectivity index (χ0v) is 16.1. The molecule has 6 nitrogen and oxygen atoms in total. The molecule has 0 unspecified atom stereocenters. The molecule has 2 heterocycles. The molecule has 0 aliphatic carbocycles. The van der Waals surface area contributed by atoms with E-state index in [4.69, 9.17) is 21.1 Å². The van der Waals surface area contributed by atoms with Crippen molar-refractivity contribution < 1.29 is 14.3 Å². The minimum absolute atomic E-state index is 0.0217. The van der Waals surface area contributed by atoms with Gasteiger partial charge in [0.05, 0.1) is 12.1 Å². The maximum Gasteiger partial charge on any atom is 0.317 e. The van der Waals surface area contributed by atoms with Crippen LogP contribution in [-0.2, 0) is 6.42 Å². The van der Waals surface area contributed by atoms with Crippen LogP contribution in [0, 0.1) is 0 Å². The number of hydrogen-bond donors (Lipinski definition) is 1. The lowest BCUT2D eigenvalue weighted by Crippen LogP contribution is -2.46. The Bertz CT molecular complexity index is 729. The molecule has 2 amide bonds. The highest BCUT2D eigenvalue weighted by molar-refractivity contribution is 6.30. The molecule has 1 saturated heterocycles. The SMILES string of the molecule is COc1ccc(CCNC(=O)N2CCC(Oc3ccc(Cl)cn3)CC2)cc1. The second-order valence-electron chi connectivity index (χ2n) is 6.45. The third-order valence-electron chi connectivity index (χ3n) is 4.57. The molecule has 1 aromatic heterocycles. The molecular formula is C20H24ClN3O3. The van der Waals surface area contributed by atoms with Gasteiger partial charge in [0.25, 0.3) is 0 Å². The van der Waals surface area contributed by atoms with Crippen LogP contribution in [0.3, 0.4) is 0 Å². The molecule has 0 saturated carbocycles. The van der Waals surface area contributed by atoms with Crippen molar-refractivity contribution in [3.8, 4) is 11.6 Å². The van der Waals surface area contributed by atoms with Crippen LogP contribution in [0.2, 0.25) is 5.02 Å². The van der Waals surface area contributed by atoms with Gasteiger partial charge in [-0.1, -0.05) is 23.7 Å². The first kappa shape index (κ1) is 19.3. The number of rotatable bonds is 6. The number of likely N-dealkylation sites (tertiary alicyclic amines) is 1. The fourth-order valence-electron chi connectivity index (χ4n) is 3.00. The summed E-state index contributed by atoms with van der Waals surface area (Å²) in [7, 11) is 1.65. The van der Waals surface area contributed by atoms with Crippen molar-refractivity contribution in [3.63, 3.8) is 0 Å². The third-order valence-corrected chi connectivity index (χ3v) is 4.79. The number of hydrogen-bond acceptors (Lipinski definition) is 4. The maximum atomic E-state index is 12.3. The van der Waals surface area contributed by atoms with Crippen molar-refractivity contribution in [3.05, 3.63) is 53.2 Å². The normalized spacial score (nSPS) is 14.7. The van der Waals surface area contributed by atoms with E-state index in [1.807, 2.05) is 29.2 Å². The van der Waals surface area contributed by atoms with Gasteiger partial charge in [-0.15, -0.1) is 0 Å². The number of benzene rings is 1. The molecule has 7 heteroatoms. The fraction of sp³-hybridized carbons (Fsp3) is 0.400. The van der Waals surface area contributed by atoms with Gasteiger partial charge in [-0.05, 0) is 30.2 Å². The number of nitrogens with zero attached hydrogens (tertiary/aromatic N) is 2. The van der Waals surface area contributed by atoms with Crippen LogP contribution in [0.15, 0.2) is 42.6 Å². The summed E-state index contributed by atoms with van der Waals surface area (Å²) in [5, 5.41) is 3.57. The van der Waals surface area contributed by atoms with Gasteiger partial charge >= 0.3 is 6.03 Å². The van der Waals surface area contributed by atoms with E-state index >= 15 is 0 Å². The molecular weight excluding hydrogens is 366 g/mol. The summed E-state index contributed by atoms with van der Waals surface area (Å²) in [6, 6.07) is 11.4. The van der Waals surface area contributed by atoms with Crippen molar-refractivity contribution in [2.24, 2.45) is 0 Å². The quantitative estimate of drug-likeness (QED) is 0.820. The van der Waals surface area contributed by atoms with E-state index in [2.05, 4.69) is 10.3 Å². The molecule has 144 valence electrons. The average Bonchev–Trinajstić information content (AvgIpc) is 2.71. The van der Waals surface area contributed by atoms with E-state index < -0.39 is 0 Å². The number of pyridine rings is 1. The lowest BCUT2D eigenvalue weighted by Gasteiger charge is -2.32. The number of halogens is 1. The topological polar surface area (TPSA) is 63.7 Å². The Balaban J connectivity index is 1.37. The van der Waals surface area contributed by atoms with Crippen LogP contribution < -0.4 is 14.8 Å². The van der Waals surface area contributed by atoms with Gasteiger partial charge < -0.3 is 19.7 Å². The molecule has 0 radical (unpaired) electrons. The summed E-state index contributed by atoms with van der Waals surface area (Å²) in [4.78, 5) is 18.3. The van der Waals surface area contributed by atoms with E-state index in [9.17, 15) is 4.79 Å². The van der Waals surface area contributed by atoms with Gasteiger partial charge in [0.2, 0.25) is 5.88 Å². The molecule has 3 rings (SSSR count). The first-order valence-corrected chi connectivity index (χ1v) is 9.46. The summed E-state index contributed by atoms with van der Waals surface area (Å²) in [5.74, 6) is 1.41. The Morgan fingerprint density at radius 2 is 1.96 bits per heavy atom. The zero-order valence-electron chi connectivity index (χ0n) is 15.4. The number of ether oxygens (including phenoxy) is 2. The smallest absolute Gasteiger partial charge is 0.317 e. The van der Waals surface area contributed by atoms with Gasteiger partial charge in [-0.3, -0.25) is 0 Å². The number of piperidine rings is 1. The number of carbonyl (C=O) groups excluding carboxylic acids is 1. The summed E-state index contributed by atoms with van der Waals surface area (Å²) in [6.07, 6.45) is 4.01. The molecule has 1 fully saturated rings. The van der Waals surface area contributed by atoms with Crippen molar-refractivity contribution >= 4 is 17.6 Å². The van der Waals surface area contributed by atoms with Crippen molar-refractivity contribution in [1.29, 1.82) is 0 Å². The Labute approximate surface area is 164 Å². The van der Waals surface area contributed by atoms with Crippen LogP contribution >= 0.6 is 11.6 Å². The minimum Gasteiger partial charge on any atom is -0.497 e. The Morgan fingerprint density at radius 3 is 2.59 bits per heavy atom. The largest absolute Gasteiger partial charge is 0.497 e. The summed E-state index contributed by atoms with van der Waals surface area (Å²) >= 11 is 5.83. The van der Waals surface area contributed by atoms with Gasteiger partial charge in [-0.25, -0.2) is 9.78 Å². The molecule has 1 aliphatic heterocycles. The number of urea groups is 1. The maximum absolute atomic E-state index is 12.3. The lowest BCUT2D eigenvalue weighted by molar-refractivity contribution is 0.107. The Kier molecular flexibility index (Phi) is 6.76. The molecule has 0 bridgehead atoms. The monoisotopic (exact) mass is 389 g/mol. The highest BCUT2D eigenvalue weighted by Gasteiger charge is 2.24. The first-order chi connectivity index (χ1) is 13.1. The van der Waals surface area contributed by atoms with Gasteiger partial charge in [-0.2, -0.15) is 0 Å². The van der Waals surface area contributed by atoms with E-state index in [0.717, 1.165) is 25.0 Å². The fourth-order valence-corrected chi connectivity index (χ4v) is 3.11. The van der Waals surface area contributed by atoms with Crippen LogP contribution in [0.25, 0.3) is 0 Å². The highest BCUT2D eigenvalue weighted by Crippen LogP contribution is 2.18. The van der Waals surface area contributed by atoms with Crippen LogP contribution in [-0.4, -0.2) is 48.8 Å². The van der Waals surface area contributed by atoms with Crippen LogP contribution in [0.5, 0.6) is 11.6 Å². The molecule has 1 aliphatic rings. The summed E-state index contributed by atoms with van der Waals surface area (Å²) < 4.78 is 11.0. The van der Waals surface area contributed by atoms with Gasteiger partial charge in [0.15, 0.2) is 0 Å². The number of methoxy groups -OCH3 is 1. The van der Waals surface area contributed by atoms with Gasteiger partial charge in [0.1, 0.15) is 11.9 Å². The predicted molar refractivity (Wildman–Crippen MR) is 105 cm³/mol. The summed E-state index contributed by atoms with van der Waals surface area (Å²) in [6.45, 7) is 1.95. The number of amides is 2. The van der Waals surface area contributed by atoms with E-state index in [1.165, 1.54) is 5.56 Å². The second-order valence-corrected chi connectivity index (χ2v) is 6.89. The number of nitrogens with one attached hydrogen (secondary N) is 1. The number of aromatic nitrogens is 1. The van der Waals surface area contributed by atoms with Crippen molar-refractivity contribution in [2.75, 3.05) is 26.7 Å². The standard InChI is InChI=1S/C20H24ClN3O3/c1-26-17-5-2-15(3-6-17)8-11-22-20(25)24-12-9-18(10-13-24)27-19-7-4-16(21)14-23-19/h2-7,14,18H,8-13H2,1H3,(H,22,25). The molecule has 27 heavy (non-hydrogen) atoms. The molecule has 0 atom stereocenters. The van der Waals surface area contributed by atoms with Crippen molar-refractivity contribution in [2.45, 2.75) is 25.4 Å². The minimum atomic E-state index is -0.0217. The summed E-state index contributed by atoms with van der Waals surface area (Å²) in [5.41, 5.74) is 1.17. The molecule has 0 spiro atoms. The molecule has 1 aromatic carbocycles. The molecule has 2 aromatic rings. The van der Waals surface area contributed by atoms with E-state index in [1.54, 1.807) is 25.4 Å². The predicted octanol–water partition coefficient (Wildman–Crippen LogP) is 3.54. The average molecular weight is 390 g/mol. The van der Waals surface area contributed by atoms with Crippen LogP contribution in [0.1, 0.15) is 18.4 Å². The lowest BCUT2D eigenvalue weighted by atomic mass is 10.1. The van der Waals surface area contributed by atoms with Crippen molar-refractivity contribution in [1.82, 2.24) is 15.2 Å². The Hall–Kier alpha value is -2.47. The second kappa shape index (κ2) is 9.46.